The monoisotopic (exact) mass is 346 g/mol. The molecule has 1 unspecified atom stereocenters. The highest BCUT2D eigenvalue weighted by Crippen LogP contribution is 2.27. The van der Waals surface area contributed by atoms with E-state index in [0.29, 0.717) is 13.0 Å². The van der Waals surface area contributed by atoms with Gasteiger partial charge in [-0.25, -0.2) is 0 Å². The second-order valence-corrected chi connectivity index (χ2v) is 6.38. The van der Waals surface area contributed by atoms with Crippen LogP contribution < -0.4 is 11.1 Å². The fraction of sp³-hybridized carbons (Fsp3) is 0.190. The Hall–Kier alpha value is -3.05. The predicted octanol–water partition coefficient (Wildman–Crippen LogP) is 2.50. The van der Waals surface area contributed by atoms with Gasteiger partial charge in [0.25, 0.3) is 0 Å². The summed E-state index contributed by atoms with van der Waals surface area (Å²) in [6, 6.07) is 15.5. The molecule has 3 N–H and O–H groups in total. The first-order valence-corrected chi connectivity index (χ1v) is 8.50. The third-order valence-corrected chi connectivity index (χ3v) is 4.50. The molecule has 0 aliphatic heterocycles. The fourth-order valence-corrected chi connectivity index (χ4v) is 2.98. The number of aromatic nitrogens is 2. The fourth-order valence-electron chi connectivity index (χ4n) is 2.98. The molecule has 5 heteroatoms. The number of benzene rings is 1. The summed E-state index contributed by atoms with van der Waals surface area (Å²) in [7, 11) is 0. The van der Waals surface area contributed by atoms with Gasteiger partial charge in [0.2, 0.25) is 5.91 Å². The Bertz CT molecular complexity index is 850. The van der Waals surface area contributed by atoms with Crippen molar-refractivity contribution in [1.82, 2.24) is 15.3 Å². The average Bonchev–Trinajstić information content (AvgIpc) is 2.67. The maximum absolute atomic E-state index is 12.7. The third-order valence-electron chi connectivity index (χ3n) is 4.50. The lowest BCUT2D eigenvalue weighted by atomic mass is 9.82. The maximum atomic E-state index is 12.7. The van der Waals surface area contributed by atoms with Crippen LogP contribution in [0.2, 0.25) is 0 Å². The molecule has 3 aromatic rings. The molecule has 1 aromatic carbocycles. The van der Waals surface area contributed by atoms with E-state index in [-0.39, 0.29) is 0 Å². The minimum Gasteiger partial charge on any atom is -0.368 e. The zero-order chi connectivity index (χ0) is 18.4. The molecular weight excluding hydrogens is 324 g/mol. The number of carbonyl (C=O) groups is 1. The van der Waals surface area contributed by atoms with Crippen molar-refractivity contribution < 1.29 is 4.79 Å². The van der Waals surface area contributed by atoms with E-state index in [9.17, 15) is 4.79 Å². The summed E-state index contributed by atoms with van der Waals surface area (Å²) in [5.41, 5.74) is 8.84. The summed E-state index contributed by atoms with van der Waals surface area (Å²) in [6.07, 6.45) is 7.38. The van der Waals surface area contributed by atoms with Crippen molar-refractivity contribution in [3.05, 3.63) is 95.6 Å². The quantitative estimate of drug-likeness (QED) is 0.689. The molecule has 0 radical (unpaired) electrons. The number of aryl methyl sites for hydroxylation is 1. The molecular formula is C21H22N4O. The van der Waals surface area contributed by atoms with Gasteiger partial charge < -0.3 is 5.73 Å². The lowest BCUT2D eigenvalue weighted by Gasteiger charge is -2.33. The topological polar surface area (TPSA) is 80.9 Å². The number of nitrogens with two attached hydrogens (primary N) is 1. The van der Waals surface area contributed by atoms with Gasteiger partial charge in [0, 0.05) is 37.8 Å². The molecule has 0 saturated carbocycles. The molecule has 0 saturated heterocycles. The van der Waals surface area contributed by atoms with Gasteiger partial charge in [-0.1, -0.05) is 35.9 Å². The Morgan fingerprint density at radius 3 is 2.35 bits per heavy atom. The van der Waals surface area contributed by atoms with Crippen molar-refractivity contribution in [2.24, 2.45) is 5.73 Å². The highest BCUT2D eigenvalue weighted by Gasteiger charge is 2.38. The summed E-state index contributed by atoms with van der Waals surface area (Å²) in [4.78, 5) is 20.8. The van der Waals surface area contributed by atoms with Crippen molar-refractivity contribution in [3.63, 3.8) is 0 Å². The number of primary amides is 1. The van der Waals surface area contributed by atoms with Crippen LogP contribution in [-0.2, 0) is 23.3 Å². The van der Waals surface area contributed by atoms with E-state index in [2.05, 4.69) is 15.3 Å². The van der Waals surface area contributed by atoms with Gasteiger partial charge in [0.15, 0.2) is 0 Å². The molecule has 2 heterocycles. The number of hydrogen-bond acceptors (Lipinski definition) is 4. The summed E-state index contributed by atoms with van der Waals surface area (Å²) in [6.45, 7) is 2.50. The normalized spacial score (nSPS) is 13.1. The predicted molar refractivity (Wildman–Crippen MR) is 101 cm³/mol. The van der Waals surface area contributed by atoms with E-state index >= 15 is 0 Å². The van der Waals surface area contributed by atoms with Gasteiger partial charge >= 0.3 is 0 Å². The number of rotatable bonds is 7. The molecule has 3 rings (SSSR count). The van der Waals surface area contributed by atoms with Crippen LogP contribution in [0.3, 0.4) is 0 Å². The van der Waals surface area contributed by atoms with Crippen LogP contribution in [0.1, 0.15) is 22.3 Å². The van der Waals surface area contributed by atoms with Crippen LogP contribution in [0, 0.1) is 6.92 Å². The Kier molecular flexibility index (Phi) is 5.39. The van der Waals surface area contributed by atoms with Crippen molar-refractivity contribution in [1.29, 1.82) is 0 Å². The van der Waals surface area contributed by atoms with Gasteiger partial charge in [-0.2, -0.15) is 0 Å². The number of amides is 1. The van der Waals surface area contributed by atoms with Gasteiger partial charge in [0.1, 0.15) is 5.54 Å². The Morgan fingerprint density at radius 1 is 1.00 bits per heavy atom. The number of nitrogens with zero attached hydrogens (tertiary/aromatic N) is 2. The number of carbonyl (C=O) groups excluding carboxylic acids is 1. The number of pyridine rings is 2. The SMILES string of the molecule is Cc1ccc(C(Cc2ccncc2)(NCc2cccnc2)C(N)=O)cc1. The first-order valence-electron chi connectivity index (χ1n) is 8.50. The molecule has 0 aliphatic carbocycles. The minimum atomic E-state index is -1.02. The molecule has 2 aromatic heterocycles. The molecule has 132 valence electrons. The molecule has 0 spiro atoms. The summed E-state index contributed by atoms with van der Waals surface area (Å²) in [5, 5.41) is 3.40. The van der Waals surface area contributed by atoms with Crippen LogP contribution in [0.25, 0.3) is 0 Å². The van der Waals surface area contributed by atoms with Crippen LogP contribution >= 0.6 is 0 Å². The first kappa shape index (κ1) is 17.8. The second-order valence-electron chi connectivity index (χ2n) is 6.38. The largest absolute Gasteiger partial charge is 0.368 e. The molecule has 1 amide bonds. The average molecular weight is 346 g/mol. The van der Waals surface area contributed by atoms with Crippen molar-refractivity contribution in [2.45, 2.75) is 25.4 Å². The van der Waals surface area contributed by atoms with Gasteiger partial charge in [-0.3, -0.25) is 20.1 Å². The van der Waals surface area contributed by atoms with Gasteiger partial charge in [-0.15, -0.1) is 0 Å². The van der Waals surface area contributed by atoms with Crippen molar-refractivity contribution in [2.75, 3.05) is 0 Å². The van der Waals surface area contributed by atoms with E-state index in [1.54, 1.807) is 24.8 Å². The van der Waals surface area contributed by atoms with Crippen LogP contribution in [0.4, 0.5) is 0 Å². The van der Waals surface area contributed by atoms with E-state index in [1.165, 1.54) is 0 Å². The summed E-state index contributed by atoms with van der Waals surface area (Å²) < 4.78 is 0. The maximum Gasteiger partial charge on any atom is 0.242 e. The van der Waals surface area contributed by atoms with Crippen molar-refractivity contribution in [3.8, 4) is 0 Å². The van der Waals surface area contributed by atoms with E-state index < -0.39 is 11.4 Å². The van der Waals surface area contributed by atoms with Crippen LogP contribution in [0.15, 0.2) is 73.3 Å². The highest BCUT2D eigenvalue weighted by molar-refractivity contribution is 5.86. The lowest BCUT2D eigenvalue weighted by Crippen LogP contribution is -2.54. The van der Waals surface area contributed by atoms with Crippen molar-refractivity contribution >= 4 is 5.91 Å². The summed E-state index contributed by atoms with van der Waals surface area (Å²) in [5.74, 6) is -0.415. The zero-order valence-electron chi connectivity index (χ0n) is 14.7. The number of nitrogens with one attached hydrogen (secondary N) is 1. The smallest absolute Gasteiger partial charge is 0.242 e. The van der Waals surface area contributed by atoms with Gasteiger partial charge in [0.05, 0.1) is 0 Å². The Labute approximate surface area is 153 Å². The second kappa shape index (κ2) is 7.89. The molecule has 5 nitrogen and oxygen atoms in total. The molecule has 0 fully saturated rings. The molecule has 26 heavy (non-hydrogen) atoms. The van der Waals surface area contributed by atoms with Gasteiger partial charge in [-0.05, 0) is 41.8 Å². The first-order chi connectivity index (χ1) is 12.6. The Morgan fingerprint density at radius 2 is 1.73 bits per heavy atom. The number of hydrogen-bond donors (Lipinski definition) is 2. The molecule has 1 atom stereocenters. The van der Waals surface area contributed by atoms with Crippen LogP contribution in [-0.4, -0.2) is 15.9 Å². The highest BCUT2D eigenvalue weighted by atomic mass is 16.1. The zero-order valence-corrected chi connectivity index (χ0v) is 14.7. The van der Waals surface area contributed by atoms with E-state index in [0.717, 1.165) is 22.3 Å². The third kappa shape index (κ3) is 3.95. The standard InChI is InChI=1S/C21H22N4O/c1-16-4-6-19(7-5-16)21(20(22)26,13-17-8-11-23-12-9-17)25-15-18-3-2-10-24-14-18/h2-12,14,25H,13,15H2,1H3,(H2,22,26). The molecule has 0 aliphatic rings. The lowest BCUT2D eigenvalue weighted by molar-refractivity contribution is -0.125. The van der Waals surface area contributed by atoms with E-state index in [1.807, 2.05) is 55.5 Å². The molecule has 0 bridgehead atoms. The van der Waals surface area contributed by atoms with E-state index in [4.69, 9.17) is 5.73 Å². The minimum absolute atomic E-state index is 0.415. The Balaban J connectivity index is 1.99. The van der Waals surface area contributed by atoms with Crippen LogP contribution in [0.5, 0.6) is 0 Å². The summed E-state index contributed by atoms with van der Waals surface area (Å²) >= 11 is 0.